The highest BCUT2D eigenvalue weighted by atomic mass is 35.5. The van der Waals surface area contributed by atoms with Crippen LogP contribution >= 0.6 is 23.2 Å². The molecule has 0 saturated heterocycles. The number of nitrogens with two attached hydrogens (primary N) is 1. The Morgan fingerprint density at radius 3 is 2.52 bits per heavy atom. The van der Waals surface area contributed by atoms with Gasteiger partial charge in [-0.15, -0.1) is 0 Å². The standard InChI is InChI=1S/C33H25Cl2N9O2/c1-19-13-21-17-42(16-20-7-3-2-4-8-20)41-30(21)28(31(36)45)29(19)39-33(46)27-14-22(40-44(27)32-25(35)10-6-12-37-32)18-43-26-11-5-9-24(34)23(26)15-38-43/h2-15,17H,16,18H2,1H3,(H2,36,45)(H,39,46). The van der Waals surface area contributed by atoms with Crippen LogP contribution in [0, 0.1) is 6.92 Å². The topological polar surface area (TPSA) is 139 Å². The molecule has 0 aliphatic carbocycles. The number of carbonyl (C=O) groups excluding carboxylic acids is 2. The molecule has 4 aromatic heterocycles. The van der Waals surface area contributed by atoms with Gasteiger partial charge in [-0.3, -0.25) is 19.0 Å². The summed E-state index contributed by atoms with van der Waals surface area (Å²) in [5, 5.41) is 19.1. The fourth-order valence-electron chi connectivity index (χ4n) is 5.50. The fourth-order valence-corrected chi connectivity index (χ4v) is 5.92. The summed E-state index contributed by atoms with van der Waals surface area (Å²) in [6.07, 6.45) is 5.09. The van der Waals surface area contributed by atoms with E-state index in [2.05, 4.69) is 25.6 Å². The summed E-state index contributed by atoms with van der Waals surface area (Å²) in [7, 11) is 0. The minimum atomic E-state index is -0.722. The number of halogens is 2. The first kappa shape index (κ1) is 29.2. The van der Waals surface area contributed by atoms with Crippen molar-refractivity contribution >= 4 is 62.5 Å². The predicted octanol–water partition coefficient (Wildman–Crippen LogP) is 6.03. The van der Waals surface area contributed by atoms with Gasteiger partial charge in [0.25, 0.3) is 11.8 Å². The minimum Gasteiger partial charge on any atom is -0.365 e. The third kappa shape index (κ3) is 5.35. The Bertz CT molecular complexity index is 2290. The minimum absolute atomic E-state index is 0.109. The molecular formula is C33H25Cl2N9O2. The largest absolute Gasteiger partial charge is 0.365 e. The lowest BCUT2D eigenvalue weighted by Gasteiger charge is -2.14. The van der Waals surface area contributed by atoms with Crippen LogP contribution in [0.4, 0.5) is 5.69 Å². The van der Waals surface area contributed by atoms with Crippen molar-refractivity contribution in [2.45, 2.75) is 20.0 Å². The number of rotatable bonds is 8. The molecule has 0 unspecified atom stereocenters. The number of aromatic nitrogens is 7. The summed E-state index contributed by atoms with van der Waals surface area (Å²) in [5.74, 6) is -1.02. The normalized spacial score (nSPS) is 11.4. The number of primary amides is 1. The highest BCUT2D eigenvalue weighted by Gasteiger charge is 2.25. The number of hydrogen-bond donors (Lipinski definition) is 2. The van der Waals surface area contributed by atoms with Crippen LogP contribution in [0.3, 0.4) is 0 Å². The lowest BCUT2D eigenvalue weighted by molar-refractivity contribution is 0.100. The van der Waals surface area contributed by atoms with E-state index in [-0.39, 0.29) is 29.3 Å². The van der Waals surface area contributed by atoms with E-state index in [9.17, 15) is 9.59 Å². The molecule has 3 N–H and O–H groups in total. The number of amides is 2. The monoisotopic (exact) mass is 649 g/mol. The van der Waals surface area contributed by atoms with Gasteiger partial charge in [0.15, 0.2) is 5.82 Å². The average molecular weight is 651 g/mol. The van der Waals surface area contributed by atoms with Gasteiger partial charge in [0.1, 0.15) is 11.2 Å². The third-order valence-corrected chi connectivity index (χ3v) is 8.22. The molecule has 0 aliphatic rings. The highest BCUT2D eigenvalue weighted by Crippen LogP contribution is 2.31. The molecule has 7 rings (SSSR count). The zero-order valence-electron chi connectivity index (χ0n) is 24.4. The van der Waals surface area contributed by atoms with E-state index in [0.29, 0.717) is 33.4 Å². The van der Waals surface area contributed by atoms with E-state index in [1.807, 2.05) is 54.7 Å². The maximum absolute atomic E-state index is 14.0. The molecule has 2 amide bonds. The van der Waals surface area contributed by atoms with Crippen molar-refractivity contribution in [2.75, 3.05) is 5.32 Å². The maximum Gasteiger partial charge on any atom is 0.274 e. The fraction of sp³-hybridized carbons (Fsp3) is 0.0909. The van der Waals surface area contributed by atoms with Crippen LogP contribution in [0.15, 0.2) is 91.4 Å². The molecule has 4 heterocycles. The van der Waals surface area contributed by atoms with Crippen LogP contribution in [-0.2, 0) is 13.1 Å². The summed E-state index contributed by atoms with van der Waals surface area (Å²) < 4.78 is 4.86. The highest BCUT2D eigenvalue weighted by molar-refractivity contribution is 6.35. The van der Waals surface area contributed by atoms with Crippen molar-refractivity contribution in [3.8, 4) is 5.82 Å². The van der Waals surface area contributed by atoms with Gasteiger partial charge >= 0.3 is 0 Å². The van der Waals surface area contributed by atoms with Crippen LogP contribution < -0.4 is 11.1 Å². The molecule has 46 heavy (non-hydrogen) atoms. The quantitative estimate of drug-likeness (QED) is 0.206. The number of nitrogens with one attached hydrogen (secondary N) is 1. The van der Waals surface area contributed by atoms with Crippen molar-refractivity contribution < 1.29 is 9.59 Å². The second-order valence-electron chi connectivity index (χ2n) is 10.7. The van der Waals surface area contributed by atoms with Crippen molar-refractivity contribution in [1.29, 1.82) is 0 Å². The van der Waals surface area contributed by atoms with Crippen LogP contribution in [0.5, 0.6) is 0 Å². The Morgan fingerprint density at radius 2 is 1.74 bits per heavy atom. The van der Waals surface area contributed by atoms with Crippen LogP contribution in [-0.4, -0.2) is 46.1 Å². The molecule has 0 spiro atoms. The van der Waals surface area contributed by atoms with Crippen LogP contribution in [0.1, 0.15) is 37.7 Å². The molecule has 13 heteroatoms. The van der Waals surface area contributed by atoms with Crippen molar-refractivity contribution in [2.24, 2.45) is 5.73 Å². The van der Waals surface area contributed by atoms with Crippen LogP contribution in [0.2, 0.25) is 10.0 Å². The number of aryl methyl sites for hydroxylation is 1. The number of pyridine rings is 1. The number of benzene rings is 3. The molecule has 7 aromatic rings. The Hall–Kier alpha value is -5.52. The number of nitrogens with zero attached hydrogens (tertiary/aromatic N) is 7. The Balaban J connectivity index is 1.28. The average Bonchev–Trinajstić information content (AvgIpc) is 3.76. The van der Waals surface area contributed by atoms with Gasteiger partial charge in [-0.25, -0.2) is 9.67 Å². The SMILES string of the molecule is Cc1cc2cn(Cc3ccccc3)nc2c(C(N)=O)c1NC(=O)c1cc(Cn2ncc3c(Cl)cccc32)nn1-c1ncccc1Cl. The van der Waals surface area contributed by atoms with E-state index in [1.165, 1.54) is 4.68 Å². The first-order chi connectivity index (χ1) is 22.3. The van der Waals surface area contributed by atoms with Gasteiger partial charge < -0.3 is 11.1 Å². The Kier molecular flexibility index (Phi) is 7.47. The molecule has 3 aromatic carbocycles. The van der Waals surface area contributed by atoms with Gasteiger partial charge in [-0.2, -0.15) is 15.3 Å². The molecule has 0 fully saturated rings. The first-order valence-corrected chi connectivity index (χ1v) is 15.0. The van der Waals surface area contributed by atoms with E-state index in [1.54, 1.807) is 52.9 Å². The molecular weight excluding hydrogens is 625 g/mol. The van der Waals surface area contributed by atoms with E-state index in [0.717, 1.165) is 21.9 Å². The zero-order valence-corrected chi connectivity index (χ0v) is 25.9. The van der Waals surface area contributed by atoms with Crippen molar-refractivity contribution in [3.05, 3.63) is 130 Å². The Morgan fingerprint density at radius 1 is 0.935 bits per heavy atom. The number of carbonyl (C=O) groups is 2. The van der Waals surface area contributed by atoms with E-state index >= 15 is 0 Å². The zero-order chi connectivity index (χ0) is 31.9. The summed E-state index contributed by atoms with van der Waals surface area (Å²) in [6.45, 7) is 2.53. The van der Waals surface area contributed by atoms with Gasteiger partial charge in [0, 0.05) is 23.2 Å². The predicted molar refractivity (Wildman–Crippen MR) is 177 cm³/mol. The van der Waals surface area contributed by atoms with E-state index < -0.39 is 11.8 Å². The van der Waals surface area contributed by atoms with Gasteiger partial charge in [0.05, 0.1) is 51.8 Å². The lowest BCUT2D eigenvalue weighted by Crippen LogP contribution is -2.22. The van der Waals surface area contributed by atoms with Crippen LogP contribution in [0.25, 0.3) is 27.6 Å². The molecule has 228 valence electrons. The number of fused-ring (bicyclic) bond motifs is 2. The summed E-state index contributed by atoms with van der Waals surface area (Å²) in [4.78, 5) is 31.3. The van der Waals surface area contributed by atoms with Gasteiger partial charge in [0.2, 0.25) is 0 Å². The first-order valence-electron chi connectivity index (χ1n) is 14.2. The Labute approximate surface area is 272 Å². The number of anilines is 1. The lowest BCUT2D eigenvalue weighted by atomic mass is 10.0. The van der Waals surface area contributed by atoms with Crippen molar-refractivity contribution in [3.63, 3.8) is 0 Å². The second-order valence-corrected chi connectivity index (χ2v) is 11.5. The third-order valence-electron chi connectivity index (χ3n) is 7.59. The molecule has 0 atom stereocenters. The van der Waals surface area contributed by atoms with Gasteiger partial charge in [-0.05, 0) is 54.4 Å². The molecule has 0 aliphatic heterocycles. The molecule has 0 bridgehead atoms. The van der Waals surface area contributed by atoms with Gasteiger partial charge in [-0.1, -0.05) is 59.6 Å². The maximum atomic E-state index is 14.0. The summed E-state index contributed by atoms with van der Waals surface area (Å²) in [6, 6.07) is 22.2. The molecule has 0 saturated carbocycles. The molecule has 0 radical (unpaired) electrons. The van der Waals surface area contributed by atoms with E-state index in [4.69, 9.17) is 28.9 Å². The smallest absolute Gasteiger partial charge is 0.274 e. The summed E-state index contributed by atoms with van der Waals surface area (Å²) in [5.41, 5.74) is 9.78. The van der Waals surface area contributed by atoms with Crippen molar-refractivity contribution in [1.82, 2.24) is 34.3 Å². The summed E-state index contributed by atoms with van der Waals surface area (Å²) >= 11 is 12.9. The second kappa shape index (κ2) is 11.8. The number of hydrogen-bond acceptors (Lipinski definition) is 6. The molecule has 11 nitrogen and oxygen atoms in total.